The van der Waals surface area contributed by atoms with Crippen molar-refractivity contribution in [1.29, 1.82) is 5.26 Å². The van der Waals surface area contributed by atoms with Crippen molar-refractivity contribution in [2.75, 3.05) is 18.5 Å². The highest BCUT2D eigenvalue weighted by molar-refractivity contribution is 5.91. The summed E-state index contributed by atoms with van der Waals surface area (Å²) in [5.74, 6) is 0.853. The van der Waals surface area contributed by atoms with Gasteiger partial charge in [-0.15, -0.1) is 0 Å². The van der Waals surface area contributed by atoms with Crippen LogP contribution >= 0.6 is 0 Å². The van der Waals surface area contributed by atoms with Crippen LogP contribution < -0.4 is 14.8 Å². The van der Waals surface area contributed by atoms with Gasteiger partial charge in [0, 0.05) is 5.69 Å². The summed E-state index contributed by atoms with van der Waals surface area (Å²) in [6, 6.07) is 15.8. The fraction of sp³-hybridized carbons (Fsp3) is 0.176. The van der Waals surface area contributed by atoms with Crippen molar-refractivity contribution in [2.45, 2.75) is 6.92 Å². The van der Waals surface area contributed by atoms with Crippen LogP contribution in [0.4, 0.5) is 5.69 Å². The molecule has 0 atom stereocenters. The van der Waals surface area contributed by atoms with Gasteiger partial charge >= 0.3 is 0 Å². The van der Waals surface area contributed by atoms with Gasteiger partial charge in [0.25, 0.3) is 5.91 Å². The van der Waals surface area contributed by atoms with E-state index in [0.717, 1.165) is 0 Å². The molecule has 2 aromatic rings. The largest absolute Gasteiger partial charge is 0.490 e. The van der Waals surface area contributed by atoms with Crippen molar-refractivity contribution in [3.63, 3.8) is 0 Å². The Morgan fingerprint density at radius 2 is 1.73 bits per heavy atom. The summed E-state index contributed by atoms with van der Waals surface area (Å²) < 4.78 is 10.9. The summed E-state index contributed by atoms with van der Waals surface area (Å²) in [5.41, 5.74) is 1.16. The highest BCUT2D eigenvalue weighted by atomic mass is 16.5. The molecule has 2 rings (SSSR count). The summed E-state index contributed by atoms with van der Waals surface area (Å²) in [5, 5.41) is 11.4. The number of carbonyl (C=O) groups excluding carboxylic acids is 1. The molecule has 112 valence electrons. The Kier molecular flexibility index (Phi) is 5.38. The number of carbonyl (C=O) groups is 1. The number of amides is 1. The van der Waals surface area contributed by atoms with Crippen molar-refractivity contribution in [1.82, 2.24) is 0 Å². The third-order valence-electron chi connectivity index (χ3n) is 2.81. The smallest absolute Gasteiger partial charge is 0.262 e. The average Bonchev–Trinajstić information content (AvgIpc) is 2.55. The van der Waals surface area contributed by atoms with Gasteiger partial charge in [0.2, 0.25) is 0 Å². The topological polar surface area (TPSA) is 71.3 Å². The predicted molar refractivity (Wildman–Crippen MR) is 82.9 cm³/mol. The van der Waals surface area contributed by atoms with Crippen LogP contribution in [0.1, 0.15) is 12.5 Å². The molecule has 0 fully saturated rings. The fourth-order valence-corrected chi connectivity index (χ4v) is 1.81. The maximum Gasteiger partial charge on any atom is 0.262 e. The molecule has 1 N–H and O–H groups in total. The summed E-state index contributed by atoms with van der Waals surface area (Å²) in [4.78, 5) is 11.9. The van der Waals surface area contributed by atoms with Crippen LogP contribution in [0.3, 0.4) is 0 Å². The first-order chi connectivity index (χ1) is 10.7. The molecule has 1 amide bonds. The number of benzene rings is 2. The van der Waals surface area contributed by atoms with Crippen LogP contribution in [0.15, 0.2) is 48.5 Å². The lowest BCUT2D eigenvalue weighted by atomic mass is 10.2. The van der Waals surface area contributed by atoms with E-state index in [2.05, 4.69) is 5.32 Å². The first kappa shape index (κ1) is 15.4. The second kappa shape index (κ2) is 7.70. The summed E-state index contributed by atoms with van der Waals surface area (Å²) in [6.45, 7) is 2.29. The van der Waals surface area contributed by atoms with Crippen molar-refractivity contribution >= 4 is 11.6 Å². The van der Waals surface area contributed by atoms with Crippen LogP contribution in [0.2, 0.25) is 0 Å². The third-order valence-corrected chi connectivity index (χ3v) is 2.81. The molecule has 0 spiro atoms. The Morgan fingerprint density at radius 1 is 1.09 bits per heavy atom. The zero-order valence-electron chi connectivity index (χ0n) is 12.2. The second-order valence-corrected chi connectivity index (χ2v) is 4.41. The van der Waals surface area contributed by atoms with Crippen LogP contribution in [0.25, 0.3) is 0 Å². The number of rotatable bonds is 6. The molecular formula is C17H16N2O3. The van der Waals surface area contributed by atoms with E-state index in [-0.39, 0.29) is 12.5 Å². The van der Waals surface area contributed by atoms with Crippen LogP contribution in [0, 0.1) is 11.3 Å². The summed E-state index contributed by atoms with van der Waals surface area (Å²) >= 11 is 0. The van der Waals surface area contributed by atoms with Crippen molar-refractivity contribution < 1.29 is 14.3 Å². The fourth-order valence-electron chi connectivity index (χ4n) is 1.81. The zero-order chi connectivity index (χ0) is 15.8. The number of nitrogens with zero attached hydrogens (tertiary/aromatic N) is 1. The van der Waals surface area contributed by atoms with Gasteiger partial charge < -0.3 is 14.8 Å². The van der Waals surface area contributed by atoms with Crippen LogP contribution in [-0.2, 0) is 4.79 Å². The Hall–Kier alpha value is -3.00. The minimum atomic E-state index is -0.281. The molecule has 0 aliphatic carbocycles. The van der Waals surface area contributed by atoms with Gasteiger partial charge in [0.15, 0.2) is 18.1 Å². The van der Waals surface area contributed by atoms with Crippen molar-refractivity contribution in [3.8, 4) is 17.6 Å². The Morgan fingerprint density at radius 3 is 2.32 bits per heavy atom. The second-order valence-electron chi connectivity index (χ2n) is 4.41. The average molecular weight is 296 g/mol. The molecule has 5 nitrogen and oxygen atoms in total. The minimum Gasteiger partial charge on any atom is -0.490 e. The first-order valence-corrected chi connectivity index (χ1v) is 6.87. The van der Waals surface area contributed by atoms with Gasteiger partial charge in [0.1, 0.15) is 0 Å². The minimum absolute atomic E-state index is 0.121. The van der Waals surface area contributed by atoms with Gasteiger partial charge in [-0.2, -0.15) is 5.26 Å². The van der Waals surface area contributed by atoms with Gasteiger partial charge in [0.05, 0.1) is 18.2 Å². The molecule has 0 bridgehead atoms. The van der Waals surface area contributed by atoms with E-state index in [4.69, 9.17) is 14.7 Å². The van der Waals surface area contributed by atoms with E-state index in [0.29, 0.717) is 29.4 Å². The molecule has 2 aromatic carbocycles. The number of hydrogen-bond acceptors (Lipinski definition) is 4. The maximum atomic E-state index is 11.9. The van der Waals surface area contributed by atoms with Gasteiger partial charge in [-0.25, -0.2) is 0 Å². The number of anilines is 1. The standard InChI is InChI=1S/C17H16N2O3/c1-2-21-15-5-3-4-6-16(15)22-12-17(20)19-14-9-7-13(11-18)8-10-14/h3-10H,2,12H2,1H3,(H,19,20). The first-order valence-electron chi connectivity index (χ1n) is 6.87. The molecule has 0 saturated heterocycles. The van der Waals surface area contributed by atoms with Crippen LogP contribution in [-0.4, -0.2) is 19.1 Å². The van der Waals surface area contributed by atoms with Crippen molar-refractivity contribution in [2.24, 2.45) is 0 Å². The molecule has 0 aliphatic heterocycles. The molecule has 0 saturated carbocycles. The lowest BCUT2D eigenvalue weighted by molar-refractivity contribution is -0.118. The molecule has 22 heavy (non-hydrogen) atoms. The van der Waals surface area contributed by atoms with E-state index in [1.54, 1.807) is 36.4 Å². The molecule has 0 aromatic heterocycles. The van der Waals surface area contributed by atoms with E-state index >= 15 is 0 Å². The van der Waals surface area contributed by atoms with Crippen molar-refractivity contribution in [3.05, 3.63) is 54.1 Å². The lowest BCUT2D eigenvalue weighted by Crippen LogP contribution is -2.20. The monoisotopic (exact) mass is 296 g/mol. The number of hydrogen-bond donors (Lipinski definition) is 1. The van der Waals surface area contributed by atoms with E-state index in [9.17, 15) is 4.79 Å². The van der Waals surface area contributed by atoms with E-state index < -0.39 is 0 Å². The number of para-hydroxylation sites is 2. The highest BCUT2D eigenvalue weighted by Gasteiger charge is 2.07. The predicted octanol–water partition coefficient (Wildman–Crippen LogP) is 2.97. The lowest BCUT2D eigenvalue weighted by Gasteiger charge is -2.11. The quantitative estimate of drug-likeness (QED) is 0.889. The Balaban J connectivity index is 1.91. The van der Waals surface area contributed by atoms with Gasteiger partial charge in [-0.05, 0) is 43.3 Å². The molecule has 0 aliphatic rings. The third kappa shape index (κ3) is 4.25. The van der Waals surface area contributed by atoms with E-state index in [1.807, 2.05) is 25.1 Å². The number of nitrogens with one attached hydrogen (secondary N) is 1. The van der Waals surface area contributed by atoms with Gasteiger partial charge in [-0.1, -0.05) is 12.1 Å². The number of nitriles is 1. The zero-order valence-corrected chi connectivity index (χ0v) is 12.2. The molecule has 0 radical (unpaired) electrons. The normalized spacial score (nSPS) is 9.64. The summed E-state index contributed by atoms with van der Waals surface area (Å²) in [6.07, 6.45) is 0. The Bertz CT molecular complexity index is 675. The summed E-state index contributed by atoms with van der Waals surface area (Å²) in [7, 11) is 0. The molecule has 0 heterocycles. The van der Waals surface area contributed by atoms with Crippen LogP contribution in [0.5, 0.6) is 11.5 Å². The van der Waals surface area contributed by atoms with E-state index in [1.165, 1.54) is 0 Å². The molecular weight excluding hydrogens is 280 g/mol. The SMILES string of the molecule is CCOc1ccccc1OCC(=O)Nc1ccc(C#N)cc1. The van der Waals surface area contributed by atoms with Gasteiger partial charge in [-0.3, -0.25) is 4.79 Å². The highest BCUT2D eigenvalue weighted by Crippen LogP contribution is 2.26. The Labute approximate surface area is 129 Å². The molecule has 0 unspecified atom stereocenters. The molecule has 5 heteroatoms. The number of ether oxygens (including phenoxy) is 2. The maximum absolute atomic E-state index is 11.9.